The Morgan fingerprint density at radius 3 is 2.68 bits per heavy atom. The summed E-state index contributed by atoms with van der Waals surface area (Å²) in [4.78, 5) is 1.44. The van der Waals surface area contributed by atoms with Gasteiger partial charge in [0.05, 0.1) is 0 Å². The first-order chi connectivity index (χ1) is 8.98. The summed E-state index contributed by atoms with van der Waals surface area (Å²) >= 11 is 1.53. The molecule has 0 amide bonds. The van der Waals surface area contributed by atoms with Crippen molar-refractivity contribution in [1.82, 2.24) is 9.62 Å². The Hall–Kier alpha value is -0.430. The predicted octanol–water partition coefficient (Wildman–Crippen LogP) is 2.34. The zero-order valence-electron chi connectivity index (χ0n) is 11.8. The molecule has 0 aromatic carbocycles. The lowest BCUT2D eigenvalue weighted by atomic mass is 9.94. The fourth-order valence-corrected chi connectivity index (χ4v) is 5.43. The molecule has 0 radical (unpaired) electrons. The van der Waals surface area contributed by atoms with Crippen molar-refractivity contribution >= 4 is 21.4 Å². The maximum absolute atomic E-state index is 12.7. The van der Waals surface area contributed by atoms with Crippen molar-refractivity contribution in [1.29, 1.82) is 0 Å². The van der Waals surface area contributed by atoms with Crippen LogP contribution in [0, 0.1) is 6.92 Å². The van der Waals surface area contributed by atoms with Crippen LogP contribution in [0.2, 0.25) is 0 Å². The van der Waals surface area contributed by atoms with Crippen molar-refractivity contribution in [3.8, 4) is 0 Å². The summed E-state index contributed by atoms with van der Waals surface area (Å²) in [7, 11) is -1.63. The van der Waals surface area contributed by atoms with E-state index < -0.39 is 10.0 Å². The van der Waals surface area contributed by atoms with Crippen molar-refractivity contribution in [2.24, 2.45) is 0 Å². The Bertz CT molecular complexity index is 533. The minimum Gasteiger partial charge on any atom is -0.312 e. The molecule has 108 valence electrons. The van der Waals surface area contributed by atoms with Crippen molar-refractivity contribution in [2.75, 3.05) is 13.6 Å². The van der Waals surface area contributed by atoms with Gasteiger partial charge in [0, 0.05) is 24.5 Å². The number of aryl methyl sites for hydroxylation is 1. The van der Waals surface area contributed by atoms with Gasteiger partial charge in [-0.25, -0.2) is 8.42 Å². The number of nitrogens with one attached hydrogen (secondary N) is 1. The molecule has 0 spiro atoms. The third-order valence-corrected chi connectivity index (χ3v) is 7.13. The summed E-state index contributed by atoms with van der Waals surface area (Å²) in [6.45, 7) is 5.37. The van der Waals surface area contributed by atoms with Crippen molar-refractivity contribution in [2.45, 2.75) is 50.6 Å². The second-order valence-corrected chi connectivity index (χ2v) is 7.96. The molecule has 1 saturated carbocycles. The Morgan fingerprint density at radius 2 is 2.16 bits per heavy atom. The fourth-order valence-electron chi connectivity index (χ4n) is 2.28. The first kappa shape index (κ1) is 15.0. The highest BCUT2D eigenvalue weighted by Crippen LogP contribution is 2.33. The second kappa shape index (κ2) is 5.91. The molecule has 0 saturated heterocycles. The number of nitrogens with zero attached hydrogens (tertiary/aromatic N) is 1. The Balaban J connectivity index is 2.30. The first-order valence-electron chi connectivity index (χ1n) is 6.74. The molecular formula is C13H22N2O2S2. The molecule has 1 aromatic rings. The maximum Gasteiger partial charge on any atom is 0.244 e. The van der Waals surface area contributed by atoms with E-state index >= 15 is 0 Å². The predicted molar refractivity (Wildman–Crippen MR) is 79.0 cm³/mol. The average Bonchev–Trinajstić information content (AvgIpc) is 2.66. The second-order valence-electron chi connectivity index (χ2n) is 5.06. The third kappa shape index (κ3) is 2.86. The maximum atomic E-state index is 12.7. The summed E-state index contributed by atoms with van der Waals surface area (Å²) < 4.78 is 27.0. The Kier molecular flexibility index (Phi) is 4.66. The monoisotopic (exact) mass is 302 g/mol. The molecule has 0 aliphatic heterocycles. The third-order valence-electron chi connectivity index (χ3n) is 3.75. The number of hydrogen-bond donors (Lipinski definition) is 1. The van der Waals surface area contributed by atoms with Crippen LogP contribution in [0.5, 0.6) is 0 Å². The van der Waals surface area contributed by atoms with E-state index in [9.17, 15) is 8.42 Å². The van der Waals surface area contributed by atoms with Crippen LogP contribution in [-0.2, 0) is 16.6 Å². The van der Waals surface area contributed by atoms with Crippen LogP contribution >= 0.6 is 11.3 Å². The van der Waals surface area contributed by atoms with Crippen LogP contribution in [0.1, 0.15) is 36.6 Å². The molecule has 0 bridgehead atoms. The lowest BCUT2D eigenvalue weighted by Gasteiger charge is -2.34. The molecule has 1 N–H and O–H groups in total. The molecule has 1 aromatic heterocycles. The molecule has 6 heteroatoms. The van der Waals surface area contributed by atoms with Crippen LogP contribution in [0.25, 0.3) is 0 Å². The van der Waals surface area contributed by atoms with E-state index in [1.54, 1.807) is 11.4 Å². The van der Waals surface area contributed by atoms with Gasteiger partial charge in [0.25, 0.3) is 0 Å². The van der Waals surface area contributed by atoms with Crippen LogP contribution in [0.3, 0.4) is 0 Å². The van der Waals surface area contributed by atoms with Crippen LogP contribution in [-0.4, -0.2) is 32.4 Å². The van der Waals surface area contributed by atoms with Crippen molar-refractivity contribution < 1.29 is 8.42 Å². The smallest absolute Gasteiger partial charge is 0.244 e. The molecule has 0 unspecified atom stereocenters. The SMILES string of the molecule is CCNCc1scc(C)c1S(=O)(=O)N(C)C1CCC1. The summed E-state index contributed by atoms with van der Waals surface area (Å²) in [6.07, 6.45) is 3.11. The van der Waals surface area contributed by atoms with E-state index in [1.165, 1.54) is 11.3 Å². The lowest BCUT2D eigenvalue weighted by molar-refractivity contribution is 0.249. The highest BCUT2D eigenvalue weighted by atomic mass is 32.2. The van der Waals surface area contributed by atoms with E-state index in [0.717, 1.165) is 36.2 Å². The first-order valence-corrected chi connectivity index (χ1v) is 9.06. The zero-order chi connectivity index (χ0) is 14.0. The molecule has 2 rings (SSSR count). The van der Waals surface area contributed by atoms with Gasteiger partial charge in [0.2, 0.25) is 10.0 Å². The van der Waals surface area contributed by atoms with E-state index in [2.05, 4.69) is 5.32 Å². The van der Waals surface area contributed by atoms with Crippen molar-refractivity contribution in [3.63, 3.8) is 0 Å². The van der Waals surface area contributed by atoms with Gasteiger partial charge < -0.3 is 5.32 Å². The molecule has 1 heterocycles. The van der Waals surface area contributed by atoms with Gasteiger partial charge in [-0.3, -0.25) is 0 Å². The van der Waals surface area contributed by atoms with Crippen LogP contribution in [0.4, 0.5) is 0 Å². The molecular weight excluding hydrogens is 280 g/mol. The average molecular weight is 302 g/mol. The van der Waals surface area contributed by atoms with Crippen LogP contribution in [0.15, 0.2) is 10.3 Å². The highest BCUT2D eigenvalue weighted by Gasteiger charge is 2.34. The Morgan fingerprint density at radius 1 is 1.47 bits per heavy atom. The van der Waals surface area contributed by atoms with Crippen LogP contribution < -0.4 is 5.32 Å². The quantitative estimate of drug-likeness (QED) is 0.877. The summed E-state index contributed by atoms with van der Waals surface area (Å²) in [5.41, 5.74) is 0.865. The number of sulfonamides is 1. The lowest BCUT2D eigenvalue weighted by Crippen LogP contribution is -2.41. The molecule has 1 aliphatic carbocycles. The van der Waals surface area contributed by atoms with Gasteiger partial charge >= 0.3 is 0 Å². The van der Waals surface area contributed by atoms with Gasteiger partial charge in [-0.15, -0.1) is 11.3 Å². The topological polar surface area (TPSA) is 49.4 Å². The van der Waals surface area contributed by atoms with Gasteiger partial charge in [0.1, 0.15) is 4.90 Å². The summed E-state index contributed by atoms with van der Waals surface area (Å²) in [5, 5.41) is 5.15. The van der Waals surface area contributed by atoms with E-state index in [1.807, 2.05) is 19.2 Å². The zero-order valence-corrected chi connectivity index (χ0v) is 13.4. The largest absolute Gasteiger partial charge is 0.312 e. The number of hydrogen-bond acceptors (Lipinski definition) is 4. The summed E-state index contributed by atoms with van der Waals surface area (Å²) in [5.74, 6) is 0. The minimum absolute atomic E-state index is 0.191. The summed E-state index contributed by atoms with van der Waals surface area (Å²) in [6, 6.07) is 0.191. The highest BCUT2D eigenvalue weighted by molar-refractivity contribution is 7.89. The van der Waals surface area contributed by atoms with Gasteiger partial charge in [-0.2, -0.15) is 4.31 Å². The van der Waals surface area contributed by atoms with Gasteiger partial charge in [-0.05, 0) is 37.3 Å². The molecule has 19 heavy (non-hydrogen) atoms. The Labute approximate surface area is 119 Å². The standard InChI is InChI=1S/C13H22N2O2S2/c1-4-14-8-12-13(10(2)9-18-12)19(16,17)15(3)11-6-5-7-11/h9,11,14H,4-8H2,1-3H3. The fraction of sp³-hybridized carbons (Fsp3) is 0.692. The molecule has 4 nitrogen and oxygen atoms in total. The number of rotatable bonds is 6. The number of thiophene rings is 1. The van der Waals surface area contributed by atoms with E-state index in [4.69, 9.17) is 0 Å². The normalized spacial score (nSPS) is 16.8. The minimum atomic E-state index is -3.34. The van der Waals surface area contributed by atoms with E-state index in [0.29, 0.717) is 11.4 Å². The van der Waals surface area contributed by atoms with Crippen molar-refractivity contribution in [3.05, 3.63) is 15.8 Å². The van der Waals surface area contributed by atoms with E-state index in [-0.39, 0.29) is 6.04 Å². The molecule has 1 aliphatic rings. The van der Waals surface area contributed by atoms with Gasteiger partial charge in [-0.1, -0.05) is 13.3 Å². The van der Waals surface area contributed by atoms with Gasteiger partial charge in [0.15, 0.2) is 0 Å². The molecule has 0 atom stereocenters. The molecule has 1 fully saturated rings.